The Labute approximate surface area is 147 Å². The molecule has 0 spiro atoms. The van der Waals surface area contributed by atoms with Crippen molar-refractivity contribution >= 4 is 29.1 Å². The summed E-state index contributed by atoms with van der Waals surface area (Å²) in [5, 5.41) is 5.01. The van der Waals surface area contributed by atoms with E-state index in [0.717, 1.165) is 12.1 Å². The van der Waals surface area contributed by atoms with Crippen LogP contribution in [-0.4, -0.2) is 21.4 Å². The number of nitrogens with zero attached hydrogens (tertiary/aromatic N) is 2. The molecule has 25 heavy (non-hydrogen) atoms. The highest BCUT2D eigenvalue weighted by Crippen LogP contribution is 2.36. The quantitative estimate of drug-likeness (QED) is 0.837. The molecule has 1 heterocycles. The van der Waals surface area contributed by atoms with Gasteiger partial charge in [-0.25, -0.2) is 9.97 Å². The smallest absolute Gasteiger partial charge is 0.347 e. The molecule has 2 rings (SSSR count). The topological polar surface area (TPSA) is 66.9 Å². The highest BCUT2D eigenvalue weighted by Gasteiger charge is 2.33. The maximum atomic E-state index is 12.9. The van der Waals surface area contributed by atoms with Gasteiger partial charge in [-0.15, -0.1) is 0 Å². The van der Waals surface area contributed by atoms with E-state index in [0.29, 0.717) is 0 Å². The van der Waals surface area contributed by atoms with E-state index in [1.807, 2.05) is 20.8 Å². The maximum Gasteiger partial charge on any atom is 0.417 e. The standard InChI is InChI=1S/C16H16ClF3N4O/c1-15(2,3)24-13(25)9-7-21-14(22-8-9)23-10-4-5-12(17)11(6-10)16(18,19)20/h4-8H,1-3H3,(H,24,25)(H,21,22,23). The summed E-state index contributed by atoms with van der Waals surface area (Å²) in [4.78, 5) is 19.9. The van der Waals surface area contributed by atoms with Crippen LogP contribution in [0.15, 0.2) is 30.6 Å². The minimum atomic E-state index is -4.56. The molecule has 1 aromatic carbocycles. The molecule has 134 valence electrons. The molecule has 0 aliphatic rings. The molecule has 0 unspecified atom stereocenters. The van der Waals surface area contributed by atoms with Crippen LogP contribution in [0.2, 0.25) is 5.02 Å². The summed E-state index contributed by atoms with van der Waals surface area (Å²) in [5.74, 6) is -0.285. The number of carbonyl (C=O) groups excluding carboxylic acids is 1. The van der Waals surface area contributed by atoms with Gasteiger partial charge in [-0.1, -0.05) is 11.6 Å². The molecule has 0 aliphatic heterocycles. The van der Waals surface area contributed by atoms with Gasteiger partial charge in [0.1, 0.15) is 0 Å². The SMILES string of the molecule is CC(C)(C)NC(=O)c1cnc(Nc2ccc(Cl)c(C(F)(F)F)c2)nc1. The number of halogens is 4. The summed E-state index contributed by atoms with van der Waals surface area (Å²) in [6.07, 6.45) is -1.99. The van der Waals surface area contributed by atoms with Gasteiger partial charge in [-0.2, -0.15) is 13.2 Å². The average molecular weight is 373 g/mol. The second-order valence-electron chi connectivity index (χ2n) is 6.32. The van der Waals surface area contributed by atoms with Crippen LogP contribution in [0, 0.1) is 0 Å². The fraction of sp³-hybridized carbons (Fsp3) is 0.312. The number of hydrogen-bond acceptors (Lipinski definition) is 4. The van der Waals surface area contributed by atoms with Crippen LogP contribution in [0.5, 0.6) is 0 Å². The van der Waals surface area contributed by atoms with Crippen LogP contribution in [0.4, 0.5) is 24.8 Å². The van der Waals surface area contributed by atoms with Crippen LogP contribution >= 0.6 is 11.6 Å². The van der Waals surface area contributed by atoms with Crippen molar-refractivity contribution in [3.8, 4) is 0 Å². The summed E-state index contributed by atoms with van der Waals surface area (Å²) >= 11 is 5.57. The molecule has 2 N–H and O–H groups in total. The molecule has 1 amide bonds. The molecule has 0 fully saturated rings. The van der Waals surface area contributed by atoms with E-state index >= 15 is 0 Å². The van der Waals surface area contributed by atoms with Gasteiger partial charge in [0.05, 0.1) is 16.1 Å². The van der Waals surface area contributed by atoms with Crippen molar-refractivity contribution in [2.24, 2.45) is 0 Å². The number of carbonyl (C=O) groups is 1. The fourth-order valence-electron chi connectivity index (χ4n) is 1.87. The Morgan fingerprint density at radius 2 is 1.72 bits per heavy atom. The molecule has 0 saturated heterocycles. The van der Waals surface area contributed by atoms with E-state index in [2.05, 4.69) is 20.6 Å². The number of rotatable bonds is 3. The summed E-state index contributed by atoms with van der Waals surface area (Å²) < 4.78 is 38.6. The van der Waals surface area contributed by atoms with Gasteiger partial charge in [0.2, 0.25) is 5.95 Å². The second kappa shape index (κ2) is 6.87. The number of alkyl halides is 3. The van der Waals surface area contributed by atoms with E-state index in [9.17, 15) is 18.0 Å². The third kappa shape index (κ3) is 5.32. The number of anilines is 2. The average Bonchev–Trinajstić information content (AvgIpc) is 2.47. The first kappa shape index (κ1) is 19.0. The van der Waals surface area contributed by atoms with Crippen molar-refractivity contribution in [2.45, 2.75) is 32.5 Å². The van der Waals surface area contributed by atoms with Gasteiger partial charge in [-0.3, -0.25) is 4.79 Å². The lowest BCUT2D eigenvalue weighted by atomic mass is 10.1. The predicted octanol–water partition coefficient (Wildman–Crippen LogP) is 4.42. The lowest BCUT2D eigenvalue weighted by molar-refractivity contribution is -0.137. The van der Waals surface area contributed by atoms with Crippen molar-refractivity contribution in [3.05, 3.63) is 46.7 Å². The van der Waals surface area contributed by atoms with Gasteiger partial charge in [-0.05, 0) is 39.0 Å². The number of amides is 1. The predicted molar refractivity (Wildman–Crippen MR) is 89.0 cm³/mol. The molecule has 0 bridgehead atoms. The highest BCUT2D eigenvalue weighted by atomic mass is 35.5. The van der Waals surface area contributed by atoms with E-state index in [1.54, 1.807) is 0 Å². The van der Waals surface area contributed by atoms with E-state index in [4.69, 9.17) is 11.6 Å². The third-order valence-corrected chi connectivity index (χ3v) is 3.26. The van der Waals surface area contributed by atoms with Crippen molar-refractivity contribution in [2.75, 3.05) is 5.32 Å². The fourth-order valence-corrected chi connectivity index (χ4v) is 2.10. The zero-order chi connectivity index (χ0) is 18.8. The van der Waals surface area contributed by atoms with Gasteiger partial charge in [0.15, 0.2) is 0 Å². The van der Waals surface area contributed by atoms with Gasteiger partial charge < -0.3 is 10.6 Å². The van der Waals surface area contributed by atoms with Crippen LogP contribution in [0.3, 0.4) is 0 Å². The van der Waals surface area contributed by atoms with Crippen molar-refractivity contribution in [1.29, 1.82) is 0 Å². The van der Waals surface area contributed by atoms with E-state index < -0.39 is 22.3 Å². The number of aromatic nitrogens is 2. The molecule has 5 nitrogen and oxygen atoms in total. The molecule has 0 radical (unpaired) electrons. The Bertz CT molecular complexity index is 770. The Morgan fingerprint density at radius 1 is 1.12 bits per heavy atom. The highest BCUT2D eigenvalue weighted by molar-refractivity contribution is 6.31. The van der Waals surface area contributed by atoms with Crippen LogP contribution in [0.1, 0.15) is 36.7 Å². The van der Waals surface area contributed by atoms with Crippen molar-refractivity contribution < 1.29 is 18.0 Å². The Balaban J connectivity index is 2.16. The Kier molecular flexibility index (Phi) is 5.22. The molecule has 0 aliphatic carbocycles. The normalized spacial score (nSPS) is 12.0. The molecule has 0 saturated carbocycles. The Hall–Kier alpha value is -2.35. The molecule has 9 heteroatoms. The van der Waals surface area contributed by atoms with Crippen LogP contribution in [0.25, 0.3) is 0 Å². The zero-order valence-corrected chi connectivity index (χ0v) is 14.5. The van der Waals surface area contributed by atoms with Gasteiger partial charge in [0, 0.05) is 23.6 Å². The summed E-state index contributed by atoms with van der Waals surface area (Å²) in [6, 6.07) is 3.38. The summed E-state index contributed by atoms with van der Waals surface area (Å²) in [7, 11) is 0. The van der Waals surface area contributed by atoms with Crippen molar-refractivity contribution in [3.63, 3.8) is 0 Å². The monoisotopic (exact) mass is 372 g/mol. The minimum Gasteiger partial charge on any atom is -0.347 e. The first-order chi connectivity index (χ1) is 11.5. The third-order valence-electron chi connectivity index (χ3n) is 2.93. The molecular formula is C16H16ClF3N4O. The number of hydrogen-bond donors (Lipinski definition) is 2. The van der Waals surface area contributed by atoms with Gasteiger partial charge in [0.25, 0.3) is 5.91 Å². The van der Waals surface area contributed by atoms with Crippen LogP contribution in [-0.2, 0) is 6.18 Å². The largest absolute Gasteiger partial charge is 0.417 e. The molecule has 2 aromatic rings. The van der Waals surface area contributed by atoms with Gasteiger partial charge >= 0.3 is 6.18 Å². The zero-order valence-electron chi connectivity index (χ0n) is 13.7. The lowest BCUT2D eigenvalue weighted by Gasteiger charge is -2.20. The maximum absolute atomic E-state index is 12.9. The number of nitrogens with one attached hydrogen (secondary N) is 2. The van der Waals surface area contributed by atoms with Crippen molar-refractivity contribution in [1.82, 2.24) is 15.3 Å². The summed E-state index contributed by atoms with van der Waals surface area (Å²) in [6.45, 7) is 5.50. The van der Waals surface area contributed by atoms with E-state index in [-0.39, 0.29) is 23.1 Å². The second-order valence-corrected chi connectivity index (χ2v) is 6.72. The van der Waals surface area contributed by atoms with E-state index in [1.165, 1.54) is 18.5 Å². The molecule has 1 aromatic heterocycles. The first-order valence-electron chi connectivity index (χ1n) is 7.24. The first-order valence-corrected chi connectivity index (χ1v) is 7.62. The molecular weight excluding hydrogens is 357 g/mol. The number of benzene rings is 1. The lowest BCUT2D eigenvalue weighted by Crippen LogP contribution is -2.40. The van der Waals surface area contributed by atoms with Crippen LogP contribution < -0.4 is 10.6 Å². The molecule has 0 atom stereocenters. The Morgan fingerprint density at radius 3 is 2.24 bits per heavy atom. The minimum absolute atomic E-state index is 0.0581. The summed E-state index contributed by atoms with van der Waals surface area (Å²) in [5.41, 5.74) is -0.998.